The van der Waals surface area contributed by atoms with Crippen LogP contribution in [0.5, 0.6) is 5.75 Å². The van der Waals surface area contributed by atoms with Gasteiger partial charge in [0.25, 0.3) is 0 Å². The minimum absolute atomic E-state index is 0.0113. The van der Waals surface area contributed by atoms with E-state index in [-0.39, 0.29) is 23.5 Å². The summed E-state index contributed by atoms with van der Waals surface area (Å²) in [5.41, 5.74) is 8.97. The molecular weight excluding hydrogens is 671 g/mol. The van der Waals surface area contributed by atoms with Gasteiger partial charge in [-0.25, -0.2) is 15.0 Å². The lowest BCUT2D eigenvalue weighted by atomic mass is 9.80. The van der Waals surface area contributed by atoms with Crippen LogP contribution in [-0.4, -0.2) is 15.0 Å². The van der Waals surface area contributed by atoms with Crippen LogP contribution in [0.3, 0.4) is 0 Å². The lowest BCUT2D eigenvalue weighted by Crippen LogP contribution is -2.34. The van der Waals surface area contributed by atoms with Crippen molar-refractivity contribution in [1.29, 1.82) is 0 Å². The Hall–Kier alpha value is -7.17. The standard InChI is InChI=1S/C51H35N3O/c1-51(41-17-6-3-7-18-41)46-22-11-10-20-44(46)45-32-31-40(33-47(45)55-51)34-23-27-38(28-24-34)49-52-48(37-14-4-2-5-15-37)53-50(54-49)39-29-25-36(26-30-39)43-21-12-16-35-13-8-9-19-42(35)43/h2-33H,1H3/i2D,4D,5D,14D,15D. The first-order chi connectivity index (χ1) is 29.2. The molecule has 0 fully saturated rings. The minimum Gasteiger partial charge on any atom is -0.477 e. The van der Waals surface area contributed by atoms with Gasteiger partial charge in [0.1, 0.15) is 5.75 Å². The number of hydrogen-bond acceptors (Lipinski definition) is 4. The fourth-order valence-corrected chi connectivity index (χ4v) is 7.58. The zero-order chi connectivity index (χ0) is 41.1. The third kappa shape index (κ3) is 5.85. The SMILES string of the molecule is [2H]c1c([2H])c([2H])c(-c2nc(-c3ccc(-c4ccc5c(c4)OC(C)(c4ccccc4)c4ccccc4-5)cc3)nc(-c3ccc(-c4cccc5ccccc45)cc3)n2)c([2H])c1[2H]. The molecule has 0 aliphatic carbocycles. The topological polar surface area (TPSA) is 47.9 Å². The van der Waals surface area contributed by atoms with E-state index in [0.29, 0.717) is 22.8 Å². The monoisotopic (exact) mass is 710 g/mol. The molecule has 55 heavy (non-hydrogen) atoms. The Balaban J connectivity index is 1.05. The highest BCUT2D eigenvalue weighted by molar-refractivity contribution is 5.96. The lowest BCUT2D eigenvalue weighted by molar-refractivity contribution is 0.129. The summed E-state index contributed by atoms with van der Waals surface area (Å²) in [6.45, 7) is 2.12. The quantitative estimate of drug-likeness (QED) is 0.172. The van der Waals surface area contributed by atoms with Gasteiger partial charge in [0.05, 0.1) is 6.85 Å². The molecule has 0 amide bonds. The van der Waals surface area contributed by atoms with Crippen molar-refractivity contribution in [1.82, 2.24) is 15.0 Å². The molecule has 1 unspecified atom stereocenters. The summed E-state index contributed by atoms with van der Waals surface area (Å²) < 4.78 is 49.3. The Morgan fingerprint density at radius 1 is 0.455 bits per heavy atom. The number of nitrogens with zero attached hydrogens (tertiary/aromatic N) is 3. The lowest BCUT2D eigenvalue weighted by Gasteiger charge is -2.38. The average Bonchev–Trinajstić information content (AvgIpc) is 3.30. The maximum absolute atomic E-state index is 8.73. The predicted octanol–water partition coefficient (Wildman–Crippen LogP) is 12.7. The van der Waals surface area contributed by atoms with E-state index in [2.05, 4.69) is 85.8 Å². The third-order valence-corrected chi connectivity index (χ3v) is 10.4. The van der Waals surface area contributed by atoms with E-state index >= 15 is 0 Å². The number of hydrogen-bond donors (Lipinski definition) is 0. The van der Waals surface area contributed by atoms with Gasteiger partial charge in [-0.15, -0.1) is 0 Å². The fraction of sp³-hybridized carbons (Fsp3) is 0.0392. The van der Waals surface area contributed by atoms with E-state index in [4.69, 9.17) is 26.5 Å². The van der Waals surface area contributed by atoms with E-state index < -0.39 is 23.7 Å². The molecule has 8 aromatic carbocycles. The third-order valence-electron chi connectivity index (χ3n) is 10.4. The van der Waals surface area contributed by atoms with E-state index in [9.17, 15) is 0 Å². The normalized spacial score (nSPS) is 15.8. The molecule has 4 nitrogen and oxygen atoms in total. The van der Waals surface area contributed by atoms with Crippen LogP contribution >= 0.6 is 0 Å². The summed E-state index contributed by atoms with van der Waals surface area (Å²) >= 11 is 0. The number of aromatic nitrogens is 3. The zero-order valence-electron chi connectivity index (χ0n) is 34.8. The van der Waals surface area contributed by atoms with Crippen LogP contribution in [0.4, 0.5) is 0 Å². The smallest absolute Gasteiger partial charge is 0.164 e. The maximum Gasteiger partial charge on any atom is 0.164 e. The van der Waals surface area contributed by atoms with Crippen LogP contribution in [0.2, 0.25) is 0 Å². The van der Waals surface area contributed by atoms with E-state index in [0.717, 1.165) is 61.0 Å². The summed E-state index contributed by atoms with van der Waals surface area (Å²) in [4.78, 5) is 14.4. The van der Waals surface area contributed by atoms with Gasteiger partial charge in [-0.1, -0.05) is 188 Å². The molecule has 2 heterocycles. The second-order valence-electron chi connectivity index (χ2n) is 13.7. The fourth-order valence-electron chi connectivity index (χ4n) is 7.58. The average molecular weight is 711 g/mol. The number of benzene rings is 8. The van der Waals surface area contributed by atoms with E-state index in [1.165, 1.54) is 0 Å². The highest BCUT2D eigenvalue weighted by Crippen LogP contribution is 2.49. The molecule has 0 saturated carbocycles. The highest BCUT2D eigenvalue weighted by Gasteiger charge is 2.38. The molecule has 0 radical (unpaired) electrons. The molecule has 0 N–H and O–H groups in total. The Kier molecular flexibility index (Phi) is 6.66. The van der Waals surface area contributed by atoms with Gasteiger partial charge < -0.3 is 4.74 Å². The van der Waals surface area contributed by atoms with Gasteiger partial charge in [-0.05, 0) is 57.1 Å². The first-order valence-corrected chi connectivity index (χ1v) is 18.2. The van der Waals surface area contributed by atoms with Crippen molar-refractivity contribution in [2.24, 2.45) is 0 Å². The van der Waals surface area contributed by atoms with E-state index in [1.54, 1.807) is 0 Å². The molecule has 4 heteroatoms. The van der Waals surface area contributed by atoms with Gasteiger partial charge in [0, 0.05) is 27.8 Å². The summed E-state index contributed by atoms with van der Waals surface area (Å²) in [7, 11) is 0. The van der Waals surface area contributed by atoms with Gasteiger partial charge in [-0.2, -0.15) is 0 Å². The maximum atomic E-state index is 8.73. The molecule has 1 aliphatic heterocycles. The first-order valence-electron chi connectivity index (χ1n) is 20.7. The largest absolute Gasteiger partial charge is 0.477 e. The van der Waals surface area contributed by atoms with Crippen molar-refractivity contribution in [3.05, 3.63) is 205 Å². The van der Waals surface area contributed by atoms with E-state index in [1.807, 2.05) is 84.9 Å². The Morgan fingerprint density at radius 3 is 1.76 bits per heavy atom. The molecule has 1 aromatic heterocycles. The number of fused-ring (bicyclic) bond motifs is 4. The van der Waals surface area contributed by atoms with Crippen molar-refractivity contribution in [3.8, 4) is 73.3 Å². The molecule has 1 aliphatic rings. The number of rotatable bonds is 6. The Morgan fingerprint density at radius 2 is 1.02 bits per heavy atom. The summed E-state index contributed by atoms with van der Waals surface area (Å²) in [6.07, 6.45) is 0. The van der Waals surface area contributed by atoms with Crippen LogP contribution in [0, 0.1) is 0 Å². The van der Waals surface area contributed by atoms with Crippen molar-refractivity contribution in [2.45, 2.75) is 12.5 Å². The van der Waals surface area contributed by atoms with Crippen LogP contribution in [0.1, 0.15) is 24.9 Å². The Bertz CT molecular complexity index is 3100. The van der Waals surface area contributed by atoms with Crippen LogP contribution < -0.4 is 4.74 Å². The van der Waals surface area contributed by atoms with Crippen molar-refractivity contribution in [2.75, 3.05) is 0 Å². The van der Waals surface area contributed by atoms with Crippen molar-refractivity contribution in [3.63, 3.8) is 0 Å². The van der Waals surface area contributed by atoms with Gasteiger partial charge >= 0.3 is 0 Å². The minimum atomic E-state index is -0.683. The highest BCUT2D eigenvalue weighted by atomic mass is 16.5. The summed E-state index contributed by atoms with van der Waals surface area (Å²) in [6, 6.07) is 53.0. The second kappa shape index (κ2) is 13.4. The van der Waals surface area contributed by atoms with Crippen LogP contribution in [-0.2, 0) is 5.60 Å². The molecule has 0 saturated heterocycles. The van der Waals surface area contributed by atoms with Gasteiger partial charge in [0.2, 0.25) is 0 Å². The van der Waals surface area contributed by atoms with Crippen molar-refractivity contribution >= 4 is 10.8 Å². The van der Waals surface area contributed by atoms with Crippen molar-refractivity contribution < 1.29 is 11.6 Å². The number of ether oxygens (including phenoxy) is 1. The first kappa shape index (κ1) is 27.4. The van der Waals surface area contributed by atoms with Gasteiger partial charge in [-0.3, -0.25) is 0 Å². The molecule has 0 spiro atoms. The molecule has 9 aromatic rings. The summed E-state index contributed by atoms with van der Waals surface area (Å²) in [5.74, 6) is 1.39. The second-order valence-corrected chi connectivity index (χ2v) is 13.7. The summed E-state index contributed by atoms with van der Waals surface area (Å²) in [5, 5.41) is 2.29. The molecular formula is C51H35N3O. The van der Waals surface area contributed by atoms with Gasteiger partial charge in [0.15, 0.2) is 23.1 Å². The molecule has 0 bridgehead atoms. The van der Waals surface area contributed by atoms with Crippen LogP contribution in [0.15, 0.2) is 194 Å². The molecule has 10 rings (SSSR count). The predicted molar refractivity (Wildman–Crippen MR) is 223 cm³/mol. The molecule has 1 atom stereocenters. The van der Waals surface area contributed by atoms with Crippen LogP contribution in [0.25, 0.3) is 78.3 Å². The zero-order valence-corrected chi connectivity index (χ0v) is 29.8. The molecule has 260 valence electrons. The Labute approximate surface area is 327 Å².